The summed E-state index contributed by atoms with van der Waals surface area (Å²) in [5.74, 6) is -0.511. The van der Waals surface area contributed by atoms with Crippen LogP contribution in [0, 0.1) is 0 Å². The highest BCUT2D eigenvalue weighted by atomic mass is 16.5. The van der Waals surface area contributed by atoms with Gasteiger partial charge in [0, 0.05) is 12.5 Å². The monoisotopic (exact) mass is 254 g/mol. The molecule has 102 valence electrons. The Bertz CT molecular complexity index is 340. The van der Waals surface area contributed by atoms with Crippen molar-refractivity contribution in [3.8, 4) is 0 Å². The van der Waals surface area contributed by atoms with Gasteiger partial charge in [-0.25, -0.2) is 4.79 Å². The van der Waals surface area contributed by atoms with Crippen LogP contribution >= 0.6 is 0 Å². The van der Waals surface area contributed by atoms with Crippen molar-refractivity contribution in [2.24, 2.45) is 0 Å². The van der Waals surface area contributed by atoms with E-state index in [9.17, 15) is 9.59 Å². The molecule has 0 spiro atoms. The van der Waals surface area contributed by atoms with Crippen molar-refractivity contribution in [3.05, 3.63) is 23.3 Å². The van der Waals surface area contributed by atoms with E-state index in [0.29, 0.717) is 12.8 Å². The fraction of sp³-hybridized carbons (Fsp3) is 0.571. The number of carbonyl (C=O) groups excluding carboxylic acids is 2. The molecule has 0 saturated carbocycles. The maximum Gasteiger partial charge on any atom is 0.330 e. The number of allylic oxidation sites excluding steroid dienone is 3. The molecule has 18 heavy (non-hydrogen) atoms. The predicted octanol–water partition coefficient (Wildman–Crippen LogP) is 2.79. The molecule has 0 aromatic heterocycles. The van der Waals surface area contributed by atoms with E-state index in [4.69, 9.17) is 0 Å². The molecule has 0 heterocycles. The van der Waals surface area contributed by atoms with Gasteiger partial charge in [0.2, 0.25) is 0 Å². The summed E-state index contributed by atoms with van der Waals surface area (Å²) in [7, 11) is 2.76. The van der Waals surface area contributed by atoms with Crippen LogP contribution in [0.5, 0.6) is 0 Å². The molecule has 0 aliphatic heterocycles. The normalized spacial score (nSPS) is 12.2. The molecule has 0 aliphatic rings. The molecule has 0 aromatic rings. The van der Waals surface area contributed by atoms with E-state index in [1.165, 1.54) is 20.3 Å². The lowest BCUT2D eigenvalue weighted by Gasteiger charge is -2.01. The van der Waals surface area contributed by atoms with Crippen LogP contribution in [0.25, 0.3) is 0 Å². The van der Waals surface area contributed by atoms with Crippen LogP contribution in [0.1, 0.15) is 39.5 Å². The Labute approximate surface area is 109 Å². The van der Waals surface area contributed by atoms with Crippen LogP contribution < -0.4 is 0 Å². The Balaban J connectivity index is 3.97. The van der Waals surface area contributed by atoms with Gasteiger partial charge in [-0.15, -0.1) is 0 Å². The molecule has 0 N–H and O–H groups in total. The van der Waals surface area contributed by atoms with Crippen molar-refractivity contribution < 1.29 is 19.1 Å². The molecule has 0 rings (SSSR count). The molecule has 4 nitrogen and oxygen atoms in total. The zero-order valence-electron chi connectivity index (χ0n) is 11.6. The van der Waals surface area contributed by atoms with E-state index in [2.05, 4.69) is 15.5 Å². The van der Waals surface area contributed by atoms with Crippen molar-refractivity contribution in [1.82, 2.24) is 0 Å². The maximum absolute atomic E-state index is 11.0. The molecular weight excluding hydrogens is 232 g/mol. The Morgan fingerprint density at radius 3 is 2.17 bits per heavy atom. The minimum absolute atomic E-state index is 0.190. The second-order valence-corrected chi connectivity index (χ2v) is 4.18. The van der Waals surface area contributed by atoms with Crippen LogP contribution in [0.15, 0.2) is 23.3 Å². The number of rotatable bonds is 7. The molecule has 0 unspecified atom stereocenters. The van der Waals surface area contributed by atoms with Gasteiger partial charge in [0.15, 0.2) is 0 Å². The van der Waals surface area contributed by atoms with E-state index in [0.717, 1.165) is 24.0 Å². The van der Waals surface area contributed by atoms with Crippen LogP contribution in [0.2, 0.25) is 0 Å². The van der Waals surface area contributed by atoms with Gasteiger partial charge in [0.1, 0.15) is 0 Å². The highest BCUT2D eigenvalue weighted by molar-refractivity contribution is 5.82. The SMILES string of the molecule is COC(=O)C=C(C)CCC=C(C)CCC(=O)OC. The molecular formula is C14H22O4. The van der Waals surface area contributed by atoms with Gasteiger partial charge in [-0.3, -0.25) is 4.79 Å². The number of hydrogen-bond acceptors (Lipinski definition) is 4. The summed E-state index contributed by atoms with van der Waals surface area (Å²) < 4.78 is 9.12. The highest BCUT2D eigenvalue weighted by Gasteiger charge is 2.00. The Kier molecular flexibility index (Phi) is 8.62. The summed E-state index contributed by atoms with van der Waals surface area (Å²) in [6, 6.07) is 0. The number of methoxy groups -OCH3 is 2. The molecule has 0 bridgehead atoms. The van der Waals surface area contributed by atoms with E-state index in [-0.39, 0.29) is 11.9 Å². The van der Waals surface area contributed by atoms with E-state index >= 15 is 0 Å². The zero-order valence-corrected chi connectivity index (χ0v) is 11.6. The minimum Gasteiger partial charge on any atom is -0.469 e. The maximum atomic E-state index is 11.0. The average Bonchev–Trinajstić information content (AvgIpc) is 2.35. The number of ether oxygens (including phenoxy) is 2. The summed E-state index contributed by atoms with van der Waals surface area (Å²) >= 11 is 0. The third-order valence-electron chi connectivity index (χ3n) is 2.55. The third kappa shape index (κ3) is 8.56. The van der Waals surface area contributed by atoms with Crippen molar-refractivity contribution in [2.75, 3.05) is 14.2 Å². The van der Waals surface area contributed by atoms with Gasteiger partial charge >= 0.3 is 11.9 Å². The lowest BCUT2D eigenvalue weighted by atomic mass is 10.1. The molecule has 0 atom stereocenters. The molecule has 0 saturated heterocycles. The first-order valence-corrected chi connectivity index (χ1v) is 5.97. The number of carbonyl (C=O) groups is 2. The number of hydrogen-bond donors (Lipinski definition) is 0. The largest absolute Gasteiger partial charge is 0.469 e. The second kappa shape index (κ2) is 9.45. The highest BCUT2D eigenvalue weighted by Crippen LogP contribution is 2.10. The van der Waals surface area contributed by atoms with Gasteiger partial charge in [-0.05, 0) is 33.1 Å². The molecule has 0 aliphatic carbocycles. The molecule has 0 fully saturated rings. The van der Waals surface area contributed by atoms with Crippen molar-refractivity contribution in [3.63, 3.8) is 0 Å². The van der Waals surface area contributed by atoms with Gasteiger partial charge in [-0.1, -0.05) is 17.2 Å². The predicted molar refractivity (Wildman–Crippen MR) is 70.0 cm³/mol. The van der Waals surface area contributed by atoms with E-state index in [1.54, 1.807) is 0 Å². The fourth-order valence-corrected chi connectivity index (χ4v) is 1.38. The van der Waals surface area contributed by atoms with Crippen LogP contribution in [-0.2, 0) is 19.1 Å². The van der Waals surface area contributed by atoms with Crippen molar-refractivity contribution in [2.45, 2.75) is 39.5 Å². The summed E-state index contributed by atoms with van der Waals surface area (Å²) in [5, 5.41) is 0. The molecule has 4 heteroatoms. The Hall–Kier alpha value is -1.58. The van der Waals surface area contributed by atoms with Gasteiger partial charge in [0.05, 0.1) is 14.2 Å². The lowest BCUT2D eigenvalue weighted by Crippen LogP contribution is -1.99. The molecule has 0 aromatic carbocycles. The molecule has 0 radical (unpaired) electrons. The topological polar surface area (TPSA) is 52.6 Å². The minimum atomic E-state index is -0.320. The third-order valence-corrected chi connectivity index (χ3v) is 2.55. The average molecular weight is 254 g/mol. The Morgan fingerprint density at radius 2 is 1.61 bits per heavy atom. The van der Waals surface area contributed by atoms with E-state index in [1.807, 2.05) is 13.8 Å². The first kappa shape index (κ1) is 16.4. The van der Waals surface area contributed by atoms with Crippen LogP contribution in [0.3, 0.4) is 0 Å². The fourth-order valence-electron chi connectivity index (χ4n) is 1.38. The van der Waals surface area contributed by atoms with Crippen LogP contribution in [-0.4, -0.2) is 26.2 Å². The van der Waals surface area contributed by atoms with E-state index < -0.39 is 0 Å². The summed E-state index contributed by atoms with van der Waals surface area (Å²) in [5.41, 5.74) is 2.14. The standard InChI is InChI=1S/C14H22O4/c1-11(8-9-13(15)17-3)6-5-7-12(2)10-14(16)18-4/h6,10H,5,7-9H2,1-4H3. The van der Waals surface area contributed by atoms with Gasteiger partial charge < -0.3 is 9.47 Å². The quantitative estimate of drug-likeness (QED) is 0.398. The Morgan fingerprint density at radius 1 is 0.944 bits per heavy atom. The second-order valence-electron chi connectivity index (χ2n) is 4.18. The zero-order chi connectivity index (χ0) is 14.0. The number of esters is 2. The summed E-state index contributed by atoms with van der Waals surface area (Å²) in [6.45, 7) is 3.89. The van der Waals surface area contributed by atoms with Crippen molar-refractivity contribution >= 4 is 11.9 Å². The summed E-state index contributed by atoms with van der Waals surface area (Å²) in [4.78, 5) is 21.9. The molecule has 0 amide bonds. The smallest absolute Gasteiger partial charge is 0.330 e. The first-order chi connectivity index (χ1) is 8.49. The lowest BCUT2D eigenvalue weighted by molar-refractivity contribution is -0.140. The van der Waals surface area contributed by atoms with Gasteiger partial charge in [-0.2, -0.15) is 0 Å². The summed E-state index contributed by atoms with van der Waals surface area (Å²) in [6.07, 6.45) is 6.37. The van der Waals surface area contributed by atoms with Crippen LogP contribution in [0.4, 0.5) is 0 Å². The van der Waals surface area contributed by atoms with Crippen molar-refractivity contribution in [1.29, 1.82) is 0 Å². The van der Waals surface area contributed by atoms with Gasteiger partial charge in [0.25, 0.3) is 0 Å². The first-order valence-electron chi connectivity index (χ1n) is 5.97.